The number of nitrogens with two attached hydrogens (primary N) is 1. The number of benzene rings is 2. The van der Waals surface area contributed by atoms with Gasteiger partial charge in [-0.1, -0.05) is 42.5 Å². The number of phenolic OH excluding ortho intramolecular Hbond substituents is 1. The van der Waals surface area contributed by atoms with E-state index in [1.165, 1.54) is 30.9 Å². The topological polar surface area (TPSA) is 203 Å². The lowest BCUT2D eigenvalue weighted by molar-refractivity contribution is -0.140. The van der Waals surface area contributed by atoms with Crippen molar-refractivity contribution in [3.63, 3.8) is 0 Å². The third-order valence-electron chi connectivity index (χ3n) is 6.98. The fraction of sp³-hybridized carbons (Fsp3) is 0.433. The Bertz CT molecular complexity index is 1250. The summed E-state index contributed by atoms with van der Waals surface area (Å²) < 4.78 is 0. The highest BCUT2D eigenvalue weighted by Crippen LogP contribution is 2.12. The molecule has 14 heteroatoms. The zero-order valence-corrected chi connectivity index (χ0v) is 25.9. The van der Waals surface area contributed by atoms with Crippen LogP contribution in [0.4, 0.5) is 0 Å². The molecule has 0 aromatic heterocycles. The zero-order valence-electron chi connectivity index (χ0n) is 25.1. The second kappa shape index (κ2) is 18.5. The SMILES string of the molecule is CN[C@@H](Cc1ccc(O)cc1)C(=O)N[C@H](CCSC)C(=O)NCC(=O)N(C)[C@@H](Cc1ccccc1)C(=O)N[C@H](CO)C(N)=O. The number of phenols is 1. The predicted molar refractivity (Wildman–Crippen MR) is 168 cm³/mol. The molecule has 2 aromatic rings. The highest BCUT2D eigenvalue weighted by molar-refractivity contribution is 7.98. The molecule has 240 valence electrons. The van der Waals surface area contributed by atoms with Crippen molar-refractivity contribution in [3.8, 4) is 5.75 Å². The normalized spacial score (nSPS) is 13.5. The number of aliphatic hydroxyl groups excluding tert-OH is 1. The molecule has 8 N–H and O–H groups in total. The fourth-order valence-corrected chi connectivity index (χ4v) is 4.74. The molecule has 0 radical (unpaired) electrons. The van der Waals surface area contributed by atoms with Crippen molar-refractivity contribution < 1.29 is 34.2 Å². The number of thioether (sulfide) groups is 1. The van der Waals surface area contributed by atoms with Gasteiger partial charge in [-0.3, -0.25) is 24.0 Å². The molecule has 0 unspecified atom stereocenters. The Morgan fingerprint density at radius 1 is 0.864 bits per heavy atom. The fourth-order valence-electron chi connectivity index (χ4n) is 4.27. The van der Waals surface area contributed by atoms with Crippen molar-refractivity contribution in [3.05, 3.63) is 65.7 Å². The lowest BCUT2D eigenvalue weighted by atomic mass is 10.0. The van der Waals surface area contributed by atoms with Gasteiger partial charge >= 0.3 is 0 Å². The molecule has 2 rings (SSSR count). The Morgan fingerprint density at radius 3 is 2.05 bits per heavy atom. The molecule has 44 heavy (non-hydrogen) atoms. The quantitative estimate of drug-likeness (QED) is 0.107. The summed E-state index contributed by atoms with van der Waals surface area (Å²) in [6, 6.07) is 11.4. The maximum atomic E-state index is 13.2. The second-order valence-corrected chi connectivity index (χ2v) is 11.1. The molecular weight excluding hydrogens is 588 g/mol. The highest BCUT2D eigenvalue weighted by atomic mass is 32.2. The molecule has 0 aliphatic rings. The number of primary amides is 1. The van der Waals surface area contributed by atoms with E-state index in [1.54, 1.807) is 49.5 Å². The van der Waals surface area contributed by atoms with Gasteiger partial charge in [-0.15, -0.1) is 0 Å². The lowest BCUT2D eigenvalue weighted by Crippen LogP contribution is -2.57. The molecule has 4 atom stereocenters. The Morgan fingerprint density at radius 2 is 1.48 bits per heavy atom. The van der Waals surface area contributed by atoms with Crippen molar-refractivity contribution in [1.29, 1.82) is 0 Å². The van der Waals surface area contributed by atoms with Crippen LogP contribution in [0.5, 0.6) is 5.75 Å². The van der Waals surface area contributed by atoms with Crippen molar-refractivity contribution in [2.45, 2.75) is 43.4 Å². The molecule has 0 saturated heterocycles. The maximum Gasteiger partial charge on any atom is 0.243 e. The minimum atomic E-state index is -1.33. The van der Waals surface area contributed by atoms with Gasteiger partial charge in [-0.05, 0) is 55.2 Å². The van der Waals surface area contributed by atoms with Crippen LogP contribution in [0.2, 0.25) is 0 Å². The van der Waals surface area contributed by atoms with Crippen LogP contribution < -0.4 is 27.0 Å². The van der Waals surface area contributed by atoms with Gasteiger partial charge in [0, 0.05) is 13.5 Å². The van der Waals surface area contributed by atoms with Crippen LogP contribution in [0, 0.1) is 0 Å². The number of hydrogen-bond donors (Lipinski definition) is 7. The molecule has 0 fully saturated rings. The molecule has 2 aromatic carbocycles. The molecule has 13 nitrogen and oxygen atoms in total. The van der Waals surface area contributed by atoms with Crippen molar-refractivity contribution in [1.82, 2.24) is 26.2 Å². The number of carbonyl (C=O) groups is 5. The Hall–Kier alpha value is -4.14. The van der Waals surface area contributed by atoms with Gasteiger partial charge in [0.05, 0.1) is 19.2 Å². The minimum Gasteiger partial charge on any atom is -0.508 e. The molecule has 0 heterocycles. The van der Waals surface area contributed by atoms with E-state index >= 15 is 0 Å². The molecular formula is C30H42N6O7S. The maximum absolute atomic E-state index is 13.2. The van der Waals surface area contributed by atoms with Gasteiger partial charge in [-0.2, -0.15) is 11.8 Å². The number of aliphatic hydroxyl groups is 1. The van der Waals surface area contributed by atoms with E-state index in [1.807, 2.05) is 6.26 Å². The first-order valence-electron chi connectivity index (χ1n) is 14.0. The summed E-state index contributed by atoms with van der Waals surface area (Å²) in [5, 5.41) is 29.6. The van der Waals surface area contributed by atoms with Gasteiger partial charge in [0.15, 0.2) is 0 Å². The number of nitrogens with zero attached hydrogens (tertiary/aromatic N) is 1. The van der Waals surface area contributed by atoms with Crippen LogP contribution in [-0.2, 0) is 36.8 Å². The smallest absolute Gasteiger partial charge is 0.243 e. The standard InChI is InChI=1S/C30H42N6O7S/c1-32-23(15-20-9-11-21(38)12-10-20)29(42)34-22(13-14-44-3)28(41)33-17-26(39)36(2)25(16-19-7-5-4-6-8-19)30(43)35-24(18-37)27(31)40/h4-12,22-25,32,37-38H,13-18H2,1-3H3,(H2,31,40)(H,33,41)(H,34,42)(H,35,43)/t22-,23+,24-,25+/m1/s1. The highest BCUT2D eigenvalue weighted by Gasteiger charge is 2.31. The second-order valence-electron chi connectivity index (χ2n) is 10.1. The summed E-state index contributed by atoms with van der Waals surface area (Å²) in [6.45, 7) is -1.17. The molecule has 0 bridgehead atoms. The van der Waals surface area contributed by atoms with Crippen LogP contribution in [0.25, 0.3) is 0 Å². The number of likely N-dealkylation sites (N-methyl/N-ethyl adjacent to an activating group) is 2. The first-order chi connectivity index (χ1) is 21.0. The number of rotatable bonds is 18. The molecule has 0 spiro atoms. The van der Waals surface area contributed by atoms with Crippen LogP contribution in [0.3, 0.4) is 0 Å². The minimum absolute atomic E-state index is 0.0958. The summed E-state index contributed by atoms with van der Waals surface area (Å²) in [7, 11) is 3.03. The van der Waals surface area contributed by atoms with Gasteiger partial charge < -0.3 is 42.1 Å². The predicted octanol–water partition coefficient (Wildman–Crippen LogP) is -1.09. The van der Waals surface area contributed by atoms with Crippen molar-refractivity contribution in [2.75, 3.05) is 39.3 Å². The summed E-state index contributed by atoms with van der Waals surface area (Å²) >= 11 is 1.50. The number of nitrogens with one attached hydrogen (secondary N) is 4. The number of hydrogen-bond acceptors (Lipinski definition) is 9. The average molecular weight is 631 g/mol. The lowest BCUT2D eigenvalue weighted by Gasteiger charge is -2.29. The summed E-state index contributed by atoms with van der Waals surface area (Å²) in [5.41, 5.74) is 6.80. The van der Waals surface area contributed by atoms with Gasteiger partial charge in [0.25, 0.3) is 0 Å². The van der Waals surface area contributed by atoms with E-state index in [2.05, 4.69) is 21.3 Å². The number of carbonyl (C=O) groups excluding carboxylic acids is 5. The summed E-state index contributed by atoms with van der Waals surface area (Å²) in [5.74, 6) is -2.51. The summed E-state index contributed by atoms with van der Waals surface area (Å²) in [6.07, 6.45) is 2.60. The Labute approximate surface area is 261 Å². The number of aromatic hydroxyl groups is 1. The molecule has 0 aliphatic carbocycles. The van der Waals surface area contributed by atoms with E-state index in [-0.39, 0.29) is 12.2 Å². The van der Waals surface area contributed by atoms with E-state index in [0.29, 0.717) is 18.6 Å². The van der Waals surface area contributed by atoms with Crippen molar-refractivity contribution in [2.24, 2.45) is 5.73 Å². The van der Waals surface area contributed by atoms with E-state index in [0.717, 1.165) is 16.0 Å². The first-order valence-corrected chi connectivity index (χ1v) is 15.4. The van der Waals surface area contributed by atoms with E-state index in [9.17, 15) is 34.2 Å². The van der Waals surface area contributed by atoms with Crippen molar-refractivity contribution >= 4 is 41.3 Å². The molecule has 0 aliphatic heterocycles. The van der Waals surface area contributed by atoms with Gasteiger partial charge in [-0.25, -0.2) is 0 Å². The first kappa shape index (κ1) is 36.1. The van der Waals surface area contributed by atoms with Crippen LogP contribution in [0.15, 0.2) is 54.6 Å². The molecule has 0 saturated carbocycles. The van der Waals surface area contributed by atoms with E-state index in [4.69, 9.17) is 5.73 Å². The Balaban J connectivity index is 2.10. The number of amides is 5. The Kier molecular flexibility index (Phi) is 15.2. The van der Waals surface area contributed by atoms with Crippen LogP contribution in [-0.4, -0.2) is 108 Å². The van der Waals surface area contributed by atoms with Crippen LogP contribution in [0.1, 0.15) is 17.5 Å². The average Bonchev–Trinajstić information content (AvgIpc) is 3.02. The summed E-state index contributed by atoms with van der Waals surface area (Å²) in [4.78, 5) is 65.3. The van der Waals surface area contributed by atoms with E-state index < -0.39 is 66.9 Å². The molecule has 5 amide bonds. The van der Waals surface area contributed by atoms with Gasteiger partial charge in [0.1, 0.15) is 23.9 Å². The largest absolute Gasteiger partial charge is 0.508 e. The van der Waals surface area contributed by atoms with Crippen LogP contribution >= 0.6 is 11.8 Å². The zero-order chi connectivity index (χ0) is 32.6. The third kappa shape index (κ3) is 11.5. The van der Waals surface area contributed by atoms with Gasteiger partial charge in [0.2, 0.25) is 29.5 Å². The monoisotopic (exact) mass is 630 g/mol. The third-order valence-corrected chi connectivity index (χ3v) is 7.62.